The minimum atomic E-state index is -0.707. The Balaban J connectivity index is 2.45. The maximum Gasteiger partial charge on any atom is 0.317 e. The van der Waals surface area contributed by atoms with Crippen molar-refractivity contribution in [3.63, 3.8) is 0 Å². The van der Waals surface area contributed by atoms with Gasteiger partial charge in [0, 0.05) is 12.6 Å². The normalized spacial score (nSPS) is 25.5. The van der Waals surface area contributed by atoms with Gasteiger partial charge in [-0.15, -0.1) is 0 Å². The van der Waals surface area contributed by atoms with Crippen LogP contribution in [0.2, 0.25) is 0 Å². The van der Waals surface area contributed by atoms with E-state index in [1.807, 2.05) is 0 Å². The molecule has 0 aromatic heterocycles. The molecule has 0 heterocycles. The van der Waals surface area contributed by atoms with Gasteiger partial charge in [-0.1, -0.05) is 26.2 Å². The standard InChI is InChI=1S/C14H27NO2/c1-4-12-6-5-7-13(8-12)9-15(11(2)3)10-14(16)17/h11-13H,4-10H2,1-3H3,(H,16,17). The molecule has 17 heavy (non-hydrogen) atoms. The summed E-state index contributed by atoms with van der Waals surface area (Å²) in [5.74, 6) is 0.865. The van der Waals surface area contributed by atoms with E-state index in [0.29, 0.717) is 12.0 Å². The predicted molar refractivity (Wildman–Crippen MR) is 70.1 cm³/mol. The van der Waals surface area contributed by atoms with Crippen molar-refractivity contribution in [2.45, 2.75) is 58.9 Å². The van der Waals surface area contributed by atoms with E-state index in [9.17, 15) is 4.79 Å². The van der Waals surface area contributed by atoms with Gasteiger partial charge in [-0.25, -0.2) is 0 Å². The maximum atomic E-state index is 10.8. The number of carboxylic acids is 1. The SMILES string of the molecule is CCC1CCCC(CN(CC(=O)O)C(C)C)C1. The molecule has 3 nitrogen and oxygen atoms in total. The minimum Gasteiger partial charge on any atom is -0.480 e. The topological polar surface area (TPSA) is 40.5 Å². The summed E-state index contributed by atoms with van der Waals surface area (Å²) in [6.07, 6.45) is 6.53. The Labute approximate surface area is 105 Å². The highest BCUT2D eigenvalue weighted by Crippen LogP contribution is 2.31. The average molecular weight is 241 g/mol. The Morgan fingerprint density at radius 3 is 2.53 bits per heavy atom. The molecule has 0 spiro atoms. The Hall–Kier alpha value is -0.570. The molecule has 1 rings (SSSR count). The largest absolute Gasteiger partial charge is 0.480 e. The van der Waals surface area contributed by atoms with Gasteiger partial charge < -0.3 is 5.11 Å². The van der Waals surface area contributed by atoms with Crippen LogP contribution in [0.4, 0.5) is 0 Å². The van der Waals surface area contributed by atoms with Crippen molar-refractivity contribution in [1.29, 1.82) is 0 Å². The molecule has 1 fully saturated rings. The highest BCUT2D eigenvalue weighted by atomic mass is 16.4. The second-order valence-corrected chi connectivity index (χ2v) is 5.72. The molecule has 0 saturated heterocycles. The first-order valence-electron chi connectivity index (χ1n) is 6.98. The summed E-state index contributed by atoms with van der Waals surface area (Å²) in [5, 5.41) is 8.92. The Bertz CT molecular complexity index is 240. The molecule has 1 N–H and O–H groups in total. The number of hydrogen-bond donors (Lipinski definition) is 1. The monoisotopic (exact) mass is 241 g/mol. The second-order valence-electron chi connectivity index (χ2n) is 5.72. The zero-order chi connectivity index (χ0) is 12.8. The van der Waals surface area contributed by atoms with Crippen molar-refractivity contribution in [2.75, 3.05) is 13.1 Å². The molecular weight excluding hydrogens is 214 g/mol. The summed E-state index contributed by atoms with van der Waals surface area (Å²) >= 11 is 0. The van der Waals surface area contributed by atoms with Gasteiger partial charge in [-0.2, -0.15) is 0 Å². The molecule has 100 valence electrons. The third-order valence-electron chi connectivity index (χ3n) is 4.03. The highest BCUT2D eigenvalue weighted by molar-refractivity contribution is 5.69. The van der Waals surface area contributed by atoms with Crippen molar-refractivity contribution in [3.8, 4) is 0 Å². The Morgan fingerprint density at radius 1 is 1.35 bits per heavy atom. The van der Waals surface area contributed by atoms with Crippen LogP contribution in [0.25, 0.3) is 0 Å². The van der Waals surface area contributed by atoms with Crippen LogP contribution in [-0.4, -0.2) is 35.1 Å². The Kier molecular flexibility index (Phi) is 5.96. The van der Waals surface area contributed by atoms with E-state index in [1.54, 1.807) is 0 Å². The highest BCUT2D eigenvalue weighted by Gasteiger charge is 2.24. The smallest absolute Gasteiger partial charge is 0.317 e. The molecule has 1 saturated carbocycles. The van der Waals surface area contributed by atoms with E-state index in [-0.39, 0.29) is 6.54 Å². The first kappa shape index (κ1) is 14.5. The lowest BCUT2D eigenvalue weighted by Gasteiger charge is -2.34. The van der Waals surface area contributed by atoms with Gasteiger partial charge in [0.25, 0.3) is 0 Å². The first-order valence-corrected chi connectivity index (χ1v) is 6.98. The molecule has 0 aromatic carbocycles. The number of hydrogen-bond acceptors (Lipinski definition) is 2. The molecule has 1 aliphatic carbocycles. The predicted octanol–water partition coefficient (Wildman–Crippen LogP) is 3.00. The zero-order valence-electron chi connectivity index (χ0n) is 11.5. The van der Waals surface area contributed by atoms with Crippen LogP contribution in [0.1, 0.15) is 52.9 Å². The van der Waals surface area contributed by atoms with Gasteiger partial charge in [-0.3, -0.25) is 9.69 Å². The van der Waals surface area contributed by atoms with Crippen LogP contribution < -0.4 is 0 Å². The summed E-state index contributed by atoms with van der Waals surface area (Å²) in [6, 6.07) is 0.327. The van der Waals surface area contributed by atoms with Gasteiger partial charge in [-0.05, 0) is 38.5 Å². The van der Waals surface area contributed by atoms with E-state index in [0.717, 1.165) is 12.5 Å². The van der Waals surface area contributed by atoms with Crippen LogP contribution in [0.15, 0.2) is 0 Å². The van der Waals surface area contributed by atoms with E-state index < -0.39 is 5.97 Å². The summed E-state index contributed by atoms with van der Waals surface area (Å²) in [4.78, 5) is 12.9. The average Bonchev–Trinajstić information content (AvgIpc) is 2.27. The van der Waals surface area contributed by atoms with E-state index in [2.05, 4.69) is 25.7 Å². The molecule has 0 aromatic rings. The molecule has 1 aliphatic rings. The number of nitrogens with zero attached hydrogens (tertiary/aromatic N) is 1. The maximum absolute atomic E-state index is 10.8. The molecule has 0 radical (unpaired) electrons. The van der Waals surface area contributed by atoms with Crippen molar-refractivity contribution >= 4 is 5.97 Å². The van der Waals surface area contributed by atoms with Crippen LogP contribution in [0.5, 0.6) is 0 Å². The van der Waals surface area contributed by atoms with Crippen molar-refractivity contribution in [1.82, 2.24) is 4.90 Å². The third kappa shape index (κ3) is 5.07. The molecule has 3 heteroatoms. The Morgan fingerprint density at radius 2 is 2.00 bits per heavy atom. The molecule has 0 bridgehead atoms. The van der Waals surface area contributed by atoms with Crippen LogP contribution in [0, 0.1) is 11.8 Å². The lowest BCUT2D eigenvalue weighted by Crippen LogP contribution is -2.40. The number of aliphatic carboxylic acids is 1. The lowest BCUT2D eigenvalue weighted by atomic mass is 9.80. The summed E-state index contributed by atoms with van der Waals surface area (Å²) in [5.41, 5.74) is 0. The van der Waals surface area contributed by atoms with E-state index in [1.165, 1.54) is 32.1 Å². The fourth-order valence-electron chi connectivity index (χ4n) is 2.90. The molecule has 0 amide bonds. The second kappa shape index (κ2) is 7.00. The van der Waals surface area contributed by atoms with Crippen LogP contribution in [0.3, 0.4) is 0 Å². The van der Waals surface area contributed by atoms with Crippen molar-refractivity contribution < 1.29 is 9.90 Å². The molecule has 2 atom stereocenters. The zero-order valence-corrected chi connectivity index (χ0v) is 11.5. The van der Waals surface area contributed by atoms with Crippen LogP contribution >= 0.6 is 0 Å². The summed E-state index contributed by atoms with van der Waals surface area (Å²) in [6.45, 7) is 7.59. The molecule has 2 unspecified atom stereocenters. The van der Waals surface area contributed by atoms with Gasteiger partial charge in [0.2, 0.25) is 0 Å². The van der Waals surface area contributed by atoms with Gasteiger partial charge in [0.05, 0.1) is 6.54 Å². The van der Waals surface area contributed by atoms with Gasteiger partial charge >= 0.3 is 5.97 Å². The number of rotatable bonds is 6. The van der Waals surface area contributed by atoms with Gasteiger partial charge in [0.1, 0.15) is 0 Å². The lowest BCUT2D eigenvalue weighted by molar-refractivity contribution is -0.139. The van der Waals surface area contributed by atoms with Gasteiger partial charge in [0.15, 0.2) is 0 Å². The number of carboxylic acid groups (broad SMARTS) is 1. The molecular formula is C14H27NO2. The third-order valence-corrected chi connectivity index (χ3v) is 4.03. The minimum absolute atomic E-state index is 0.185. The van der Waals surface area contributed by atoms with E-state index in [4.69, 9.17) is 5.11 Å². The quantitative estimate of drug-likeness (QED) is 0.777. The fourth-order valence-corrected chi connectivity index (χ4v) is 2.90. The first-order chi connectivity index (χ1) is 8.02. The van der Waals surface area contributed by atoms with Crippen molar-refractivity contribution in [3.05, 3.63) is 0 Å². The van der Waals surface area contributed by atoms with Crippen LogP contribution in [-0.2, 0) is 4.79 Å². The summed E-state index contributed by atoms with van der Waals surface area (Å²) in [7, 11) is 0. The molecule has 0 aliphatic heterocycles. The fraction of sp³-hybridized carbons (Fsp3) is 0.929. The number of carbonyl (C=O) groups is 1. The summed E-state index contributed by atoms with van der Waals surface area (Å²) < 4.78 is 0. The van der Waals surface area contributed by atoms with Crippen molar-refractivity contribution in [2.24, 2.45) is 11.8 Å². The van der Waals surface area contributed by atoms with E-state index >= 15 is 0 Å².